The van der Waals surface area contributed by atoms with E-state index in [1.807, 2.05) is 30.3 Å². The van der Waals surface area contributed by atoms with Crippen molar-refractivity contribution < 1.29 is 9.18 Å². The van der Waals surface area contributed by atoms with Gasteiger partial charge in [-0.15, -0.1) is 10.2 Å². The number of hydrogen-bond acceptors (Lipinski definition) is 5. The van der Waals surface area contributed by atoms with Crippen LogP contribution in [0.25, 0.3) is 11.4 Å². The highest BCUT2D eigenvalue weighted by molar-refractivity contribution is 8.00. The van der Waals surface area contributed by atoms with Crippen molar-refractivity contribution in [3.05, 3.63) is 66.0 Å². The molecule has 1 unspecified atom stereocenters. The number of benzene rings is 2. The van der Waals surface area contributed by atoms with Gasteiger partial charge in [0, 0.05) is 12.1 Å². The molecule has 6 nitrogen and oxygen atoms in total. The molecular formula is C18H18FN5OS. The molecule has 0 fully saturated rings. The monoisotopic (exact) mass is 371 g/mol. The van der Waals surface area contributed by atoms with Crippen molar-refractivity contribution in [1.82, 2.24) is 20.2 Å². The van der Waals surface area contributed by atoms with Gasteiger partial charge in [0.05, 0.1) is 5.25 Å². The number of thioether (sulfide) groups is 1. The number of nitrogens with zero attached hydrogens (tertiary/aromatic N) is 3. The van der Waals surface area contributed by atoms with Crippen molar-refractivity contribution in [3.8, 4) is 11.4 Å². The molecule has 0 spiro atoms. The van der Waals surface area contributed by atoms with E-state index in [4.69, 9.17) is 5.84 Å². The summed E-state index contributed by atoms with van der Waals surface area (Å²) in [4.78, 5) is 12.3. The fourth-order valence-electron chi connectivity index (χ4n) is 2.29. The lowest BCUT2D eigenvalue weighted by Gasteiger charge is -2.11. The number of carbonyl (C=O) groups is 1. The Balaban J connectivity index is 1.63. The molecule has 0 aliphatic rings. The summed E-state index contributed by atoms with van der Waals surface area (Å²) in [6, 6.07) is 15.5. The van der Waals surface area contributed by atoms with E-state index in [0.717, 1.165) is 5.56 Å². The van der Waals surface area contributed by atoms with E-state index in [1.165, 1.54) is 28.6 Å². The first-order chi connectivity index (χ1) is 12.5. The highest BCUT2D eigenvalue weighted by Gasteiger charge is 2.19. The predicted octanol–water partition coefficient (Wildman–Crippen LogP) is 2.60. The Morgan fingerprint density at radius 3 is 2.58 bits per heavy atom. The summed E-state index contributed by atoms with van der Waals surface area (Å²) in [7, 11) is 0. The third-order valence-electron chi connectivity index (χ3n) is 3.73. The fourth-order valence-corrected chi connectivity index (χ4v) is 3.09. The average molecular weight is 371 g/mol. The normalized spacial score (nSPS) is 11.9. The van der Waals surface area contributed by atoms with Crippen molar-refractivity contribution in [2.75, 3.05) is 5.84 Å². The molecule has 0 saturated heterocycles. The molecule has 0 radical (unpaired) electrons. The van der Waals surface area contributed by atoms with Gasteiger partial charge >= 0.3 is 0 Å². The van der Waals surface area contributed by atoms with Crippen LogP contribution in [0, 0.1) is 5.82 Å². The van der Waals surface area contributed by atoms with Crippen LogP contribution in [0.1, 0.15) is 12.5 Å². The third kappa shape index (κ3) is 4.20. The number of amides is 1. The molecule has 0 saturated carbocycles. The SMILES string of the molecule is CC(Sc1nnc(-c2ccc(F)cc2)n1N)C(=O)NCc1ccccc1. The minimum atomic E-state index is -0.397. The molecule has 1 amide bonds. The molecule has 3 N–H and O–H groups in total. The molecule has 0 bridgehead atoms. The molecule has 8 heteroatoms. The van der Waals surface area contributed by atoms with Crippen molar-refractivity contribution in [3.63, 3.8) is 0 Å². The molecule has 0 aliphatic carbocycles. The Labute approximate surface area is 154 Å². The first kappa shape index (κ1) is 17.9. The number of nitrogen functional groups attached to an aromatic ring is 1. The van der Waals surface area contributed by atoms with Crippen LogP contribution >= 0.6 is 11.8 Å². The molecule has 0 aliphatic heterocycles. The molecular weight excluding hydrogens is 353 g/mol. The van der Waals surface area contributed by atoms with Gasteiger partial charge in [-0.25, -0.2) is 9.07 Å². The summed E-state index contributed by atoms with van der Waals surface area (Å²) in [5.74, 6) is 5.98. The molecule has 26 heavy (non-hydrogen) atoms. The zero-order valence-corrected chi connectivity index (χ0v) is 14.9. The van der Waals surface area contributed by atoms with Gasteiger partial charge in [-0.2, -0.15) is 0 Å². The lowest BCUT2D eigenvalue weighted by atomic mass is 10.2. The molecule has 1 atom stereocenters. The Bertz CT molecular complexity index is 882. The van der Waals surface area contributed by atoms with E-state index < -0.39 is 5.25 Å². The quantitative estimate of drug-likeness (QED) is 0.514. The van der Waals surface area contributed by atoms with Crippen LogP contribution in [-0.4, -0.2) is 26.0 Å². The second-order valence-corrected chi connectivity index (χ2v) is 6.95. The van der Waals surface area contributed by atoms with Crippen molar-refractivity contribution in [2.45, 2.75) is 23.9 Å². The van der Waals surface area contributed by atoms with E-state index in [1.54, 1.807) is 19.1 Å². The summed E-state index contributed by atoms with van der Waals surface area (Å²) >= 11 is 1.21. The predicted molar refractivity (Wildman–Crippen MR) is 99.2 cm³/mol. The second kappa shape index (κ2) is 8.01. The number of nitrogens with two attached hydrogens (primary N) is 1. The van der Waals surface area contributed by atoms with E-state index in [9.17, 15) is 9.18 Å². The minimum Gasteiger partial charge on any atom is -0.351 e. The second-order valence-electron chi connectivity index (χ2n) is 5.65. The van der Waals surface area contributed by atoms with Crippen molar-refractivity contribution in [2.24, 2.45) is 0 Å². The molecule has 3 aromatic rings. The van der Waals surface area contributed by atoms with Crippen LogP contribution in [0.4, 0.5) is 4.39 Å². The topological polar surface area (TPSA) is 85.8 Å². The third-order valence-corrected chi connectivity index (χ3v) is 4.78. The Morgan fingerprint density at radius 1 is 1.19 bits per heavy atom. The zero-order chi connectivity index (χ0) is 18.5. The maximum absolute atomic E-state index is 13.0. The van der Waals surface area contributed by atoms with Crippen molar-refractivity contribution in [1.29, 1.82) is 0 Å². The van der Waals surface area contributed by atoms with Gasteiger partial charge in [-0.3, -0.25) is 4.79 Å². The van der Waals surface area contributed by atoms with Crippen LogP contribution in [0.3, 0.4) is 0 Å². The smallest absolute Gasteiger partial charge is 0.233 e. The minimum absolute atomic E-state index is 0.120. The fraction of sp³-hybridized carbons (Fsp3) is 0.167. The summed E-state index contributed by atoms with van der Waals surface area (Å²) in [6.45, 7) is 2.23. The van der Waals surface area contributed by atoms with Gasteiger partial charge in [0.2, 0.25) is 11.1 Å². The van der Waals surface area contributed by atoms with Gasteiger partial charge < -0.3 is 11.2 Å². The number of halogens is 1. The zero-order valence-electron chi connectivity index (χ0n) is 14.1. The van der Waals surface area contributed by atoms with Crippen LogP contribution in [0.15, 0.2) is 59.8 Å². The number of carbonyl (C=O) groups excluding carboxylic acids is 1. The summed E-state index contributed by atoms with van der Waals surface area (Å²) in [5.41, 5.74) is 1.67. The molecule has 2 aromatic carbocycles. The maximum Gasteiger partial charge on any atom is 0.233 e. The number of rotatable bonds is 6. The van der Waals surface area contributed by atoms with Gasteiger partial charge in [0.25, 0.3) is 0 Å². The van der Waals surface area contributed by atoms with Crippen LogP contribution < -0.4 is 11.2 Å². The summed E-state index contributed by atoms with van der Waals surface area (Å²) < 4.78 is 14.3. The summed E-state index contributed by atoms with van der Waals surface area (Å²) in [5, 5.41) is 11.0. The molecule has 3 rings (SSSR count). The van der Waals surface area contributed by atoms with Gasteiger partial charge in [0.1, 0.15) is 5.82 Å². The van der Waals surface area contributed by atoms with Crippen LogP contribution in [-0.2, 0) is 11.3 Å². The Kier molecular flexibility index (Phi) is 5.52. The highest BCUT2D eigenvalue weighted by Crippen LogP contribution is 2.25. The summed E-state index contributed by atoms with van der Waals surface area (Å²) in [6.07, 6.45) is 0. The number of hydrogen-bond donors (Lipinski definition) is 2. The standard InChI is InChI=1S/C18H18FN5OS/c1-12(17(25)21-11-13-5-3-2-4-6-13)26-18-23-22-16(24(18)20)14-7-9-15(19)10-8-14/h2-10,12H,11,20H2,1H3,(H,21,25). The average Bonchev–Trinajstić information content (AvgIpc) is 3.01. The Hall–Kier alpha value is -2.87. The van der Waals surface area contributed by atoms with Crippen molar-refractivity contribution >= 4 is 17.7 Å². The lowest BCUT2D eigenvalue weighted by molar-refractivity contribution is -0.120. The van der Waals surface area contributed by atoms with E-state index in [0.29, 0.717) is 23.1 Å². The van der Waals surface area contributed by atoms with Gasteiger partial charge in [-0.1, -0.05) is 42.1 Å². The number of nitrogens with one attached hydrogen (secondary N) is 1. The highest BCUT2D eigenvalue weighted by atomic mass is 32.2. The van der Waals surface area contributed by atoms with E-state index in [2.05, 4.69) is 15.5 Å². The molecule has 1 heterocycles. The maximum atomic E-state index is 13.0. The van der Waals surface area contributed by atoms with E-state index >= 15 is 0 Å². The van der Waals surface area contributed by atoms with Gasteiger partial charge in [0.15, 0.2) is 5.82 Å². The van der Waals surface area contributed by atoms with Crippen LogP contribution in [0.2, 0.25) is 0 Å². The lowest BCUT2D eigenvalue weighted by Crippen LogP contribution is -2.30. The molecule has 134 valence electrons. The first-order valence-electron chi connectivity index (χ1n) is 7.99. The molecule has 1 aromatic heterocycles. The van der Waals surface area contributed by atoms with E-state index in [-0.39, 0.29) is 11.7 Å². The van der Waals surface area contributed by atoms with Crippen LogP contribution in [0.5, 0.6) is 0 Å². The Morgan fingerprint density at radius 2 is 1.88 bits per heavy atom. The first-order valence-corrected chi connectivity index (χ1v) is 8.87. The number of aromatic nitrogens is 3. The largest absolute Gasteiger partial charge is 0.351 e. The van der Waals surface area contributed by atoms with Gasteiger partial charge in [-0.05, 0) is 36.8 Å².